The van der Waals surface area contributed by atoms with Gasteiger partial charge in [0.2, 0.25) is 11.8 Å². The number of carbonyl (C=O) groups is 2. The van der Waals surface area contributed by atoms with E-state index in [0.717, 1.165) is 22.6 Å². The van der Waals surface area contributed by atoms with Crippen LogP contribution in [0.4, 0.5) is 11.4 Å². The first-order valence-corrected chi connectivity index (χ1v) is 20.3. The monoisotopic (exact) mass is 828 g/mol. The highest BCUT2D eigenvalue weighted by Gasteiger charge is 2.20. The number of hydrogen-bond donors (Lipinski definition) is 6. The standard InChI is InChI=1S/C41H40N12O4S2/c1-3-56-32-13-7-24(8-14-32)36-48-38(44)52-40(50-36)58-22-34(54)46-30-11-5-26(28(18-30)20-42)17-27-6-12-31(19-29(27)21-43)47-35(55)23-59-41-51-37(49-39(45)53-41)25-9-15-33(16-10-25)57-4-2/h5-16,18-19,36-37H,3-4,17,22-23H2,1-2H3,(H,46,54)(H,47,55)(H3,44,48,50,52)(H3,45,49,51,53)/t36-,37-/m1/s1. The van der Waals surface area contributed by atoms with Gasteiger partial charge in [0.15, 0.2) is 34.6 Å². The van der Waals surface area contributed by atoms with Crippen LogP contribution in [-0.2, 0) is 16.0 Å². The Morgan fingerprint density at radius 2 is 1.07 bits per heavy atom. The average molecular weight is 829 g/mol. The molecule has 2 aliphatic heterocycles. The number of nitrogens with zero attached hydrogens (tertiary/aromatic N) is 6. The molecule has 0 saturated heterocycles. The van der Waals surface area contributed by atoms with Gasteiger partial charge in [0.25, 0.3) is 0 Å². The molecule has 4 aromatic carbocycles. The van der Waals surface area contributed by atoms with Crippen LogP contribution in [0.1, 0.15) is 59.6 Å². The Kier molecular flexibility index (Phi) is 14.0. The second-order valence-electron chi connectivity index (χ2n) is 12.7. The first-order chi connectivity index (χ1) is 28.6. The Labute approximate surface area is 349 Å². The van der Waals surface area contributed by atoms with Gasteiger partial charge in [0.05, 0.1) is 48.0 Å². The van der Waals surface area contributed by atoms with Crippen molar-refractivity contribution in [2.45, 2.75) is 32.6 Å². The van der Waals surface area contributed by atoms with Gasteiger partial charge in [-0.05, 0) is 84.6 Å². The smallest absolute Gasteiger partial charge is 0.234 e. The van der Waals surface area contributed by atoms with Crippen LogP contribution in [0.5, 0.6) is 11.5 Å². The van der Waals surface area contributed by atoms with Gasteiger partial charge in [-0.1, -0.05) is 59.9 Å². The molecule has 2 amide bonds. The van der Waals surface area contributed by atoms with Gasteiger partial charge in [-0.15, -0.1) is 0 Å². The largest absolute Gasteiger partial charge is 0.494 e. The number of nitrogens with two attached hydrogens (primary N) is 2. The lowest BCUT2D eigenvalue weighted by Crippen LogP contribution is -2.39. The molecular weight excluding hydrogens is 789 g/mol. The molecule has 16 nitrogen and oxygen atoms in total. The molecule has 0 radical (unpaired) electrons. The Hall–Kier alpha value is -7.02. The summed E-state index contributed by atoms with van der Waals surface area (Å²) in [6, 6.07) is 29.2. The third-order valence-electron chi connectivity index (χ3n) is 8.54. The number of aliphatic imine (C=N–C) groups is 4. The number of anilines is 2. The van der Waals surface area contributed by atoms with Crippen molar-refractivity contribution in [3.05, 3.63) is 118 Å². The lowest BCUT2D eigenvalue weighted by atomic mass is 9.96. The molecular formula is C41H40N12O4S2. The molecule has 6 rings (SSSR count). The maximum atomic E-state index is 12.9. The van der Waals surface area contributed by atoms with E-state index in [1.54, 1.807) is 36.4 Å². The summed E-state index contributed by atoms with van der Waals surface area (Å²) < 4.78 is 11.0. The first-order valence-electron chi connectivity index (χ1n) is 18.4. The number of hydrogen-bond acceptors (Lipinski definition) is 16. The summed E-state index contributed by atoms with van der Waals surface area (Å²) in [5, 5.41) is 32.3. The van der Waals surface area contributed by atoms with Crippen LogP contribution < -0.4 is 42.2 Å². The molecule has 0 bridgehead atoms. The Morgan fingerprint density at radius 1 is 0.661 bits per heavy atom. The molecule has 59 heavy (non-hydrogen) atoms. The lowest BCUT2D eigenvalue weighted by molar-refractivity contribution is -0.114. The zero-order chi connectivity index (χ0) is 41.7. The van der Waals surface area contributed by atoms with Gasteiger partial charge in [0, 0.05) is 17.8 Å². The highest BCUT2D eigenvalue weighted by molar-refractivity contribution is 8.14. The third kappa shape index (κ3) is 11.5. The van der Waals surface area contributed by atoms with Crippen LogP contribution in [0.25, 0.3) is 0 Å². The summed E-state index contributed by atoms with van der Waals surface area (Å²) in [6.07, 6.45) is -0.856. The number of nitrogens with one attached hydrogen (secondary N) is 4. The molecule has 18 heteroatoms. The number of amides is 2. The average Bonchev–Trinajstić information content (AvgIpc) is 3.23. The Balaban J connectivity index is 1.01. The van der Waals surface area contributed by atoms with E-state index < -0.39 is 12.3 Å². The van der Waals surface area contributed by atoms with Crippen molar-refractivity contribution >= 4 is 69.0 Å². The lowest BCUT2D eigenvalue weighted by Gasteiger charge is -2.19. The second kappa shape index (κ2) is 19.9. The molecule has 0 aromatic heterocycles. The van der Waals surface area contributed by atoms with Gasteiger partial charge in [-0.2, -0.15) is 10.5 Å². The Bertz CT molecular complexity index is 2240. The summed E-state index contributed by atoms with van der Waals surface area (Å²) in [6.45, 7) is 4.94. The van der Waals surface area contributed by atoms with E-state index in [-0.39, 0.29) is 41.7 Å². The summed E-state index contributed by atoms with van der Waals surface area (Å²) >= 11 is 2.34. The van der Waals surface area contributed by atoms with Gasteiger partial charge in [0.1, 0.15) is 11.5 Å². The molecule has 2 heterocycles. The minimum absolute atomic E-state index is 0.0199. The Morgan fingerprint density at radius 3 is 1.44 bits per heavy atom. The molecule has 4 aromatic rings. The number of thioether (sulfide) groups is 2. The number of carbonyl (C=O) groups excluding carboxylic acids is 2. The quantitative estimate of drug-likeness (QED) is 0.0971. The molecule has 8 N–H and O–H groups in total. The SMILES string of the molecule is CCOc1ccc([C@@H]2N=C(N)NC(SCC(=O)Nc3ccc(Cc4ccc(NC(=O)CSC5=N[C@H](c6ccc(OCC)cc6)N=C(N)N5)cc4C#N)c(C#N)c3)=N2)cc1. The fourth-order valence-corrected chi connectivity index (χ4v) is 7.22. The van der Waals surface area contributed by atoms with Crippen LogP contribution in [-0.4, -0.2) is 58.8 Å². The predicted molar refractivity (Wildman–Crippen MR) is 232 cm³/mol. The van der Waals surface area contributed by atoms with E-state index >= 15 is 0 Å². The molecule has 0 spiro atoms. The van der Waals surface area contributed by atoms with Crippen LogP contribution >= 0.6 is 23.5 Å². The molecule has 0 unspecified atom stereocenters. The van der Waals surface area contributed by atoms with Crippen LogP contribution in [0, 0.1) is 22.7 Å². The zero-order valence-corrected chi connectivity index (χ0v) is 33.7. The van der Waals surface area contributed by atoms with Crippen molar-refractivity contribution in [2.24, 2.45) is 31.4 Å². The van der Waals surface area contributed by atoms with Crippen molar-refractivity contribution in [3.8, 4) is 23.6 Å². The molecule has 0 fully saturated rings. The second-order valence-corrected chi connectivity index (χ2v) is 14.6. The van der Waals surface area contributed by atoms with Crippen LogP contribution in [0.2, 0.25) is 0 Å². The van der Waals surface area contributed by atoms with Crippen LogP contribution in [0.15, 0.2) is 105 Å². The van der Waals surface area contributed by atoms with E-state index in [2.05, 4.69) is 53.4 Å². The number of ether oxygens (including phenoxy) is 2. The maximum Gasteiger partial charge on any atom is 0.234 e. The molecule has 2 aliphatic rings. The first kappa shape index (κ1) is 41.6. The fourth-order valence-electron chi connectivity index (χ4n) is 5.83. The number of amidine groups is 2. The summed E-state index contributed by atoms with van der Waals surface area (Å²) in [7, 11) is 0. The van der Waals surface area contributed by atoms with Gasteiger partial charge < -0.3 is 42.2 Å². The van der Waals surface area contributed by atoms with Crippen LogP contribution in [0.3, 0.4) is 0 Å². The summed E-state index contributed by atoms with van der Waals surface area (Å²) in [5.74, 6) is 1.26. The van der Waals surface area contributed by atoms with Crippen molar-refractivity contribution in [2.75, 3.05) is 35.4 Å². The van der Waals surface area contributed by atoms with Gasteiger partial charge >= 0.3 is 0 Å². The van der Waals surface area contributed by atoms with E-state index in [1.807, 2.05) is 62.4 Å². The number of rotatable bonds is 14. The van der Waals surface area contributed by atoms with Crippen molar-refractivity contribution in [1.82, 2.24) is 10.6 Å². The molecule has 2 atom stereocenters. The van der Waals surface area contributed by atoms with E-state index in [9.17, 15) is 20.1 Å². The minimum Gasteiger partial charge on any atom is -0.494 e. The highest BCUT2D eigenvalue weighted by atomic mass is 32.2. The van der Waals surface area contributed by atoms with E-state index in [0.29, 0.717) is 57.2 Å². The third-order valence-corrected chi connectivity index (χ3v) is 10.3. The minimum atomic E-state index is -0.564. The maximum absolute atomic E-state index is 12.9. The van der Waals surface area contributed by atoms with Crippen molar-refractivity contribution in [3.63, 3.8) is 0 Å². The van der Waals surface area contributed by atoms with E-state index in [4.69, 9.17) is 20.9 Å². The zero-order valence-electron chi connectivity index (χ0n) is 32.1. The topological polar surface area (TPSA) is 250 Å². The van der Waals surface area contributed by atoms with Crippen molar-refractivity contribution < 1.29 is 19.1 Å². The predicted octanol–water partition coefficient (Wildman–Crippen LogP) is 5.11. The highest BCUT2D eigenvalue weighted by Crippen LogP contribution is 2.28. The number of nitriles is 2. The molecule has 0 saturated carbocycles. The van der Waals surface area contributed by atoms with Gasteiger partial charge in [-0.25, -0.2) is 20.0 Å². The summed E-state index contributed by atoms with van der Waals surface area (Å²) in [5.41, 5.74) is 16.5. The fraction of sp³-hybridized carbons (Fsp3) is 0.220. The summed E-state index contributed by atoms with van der Waals surface area (Å²) in [4.78, 5) is 43.7. The van der Waals surface area contributed by atoms with Crippen molar-refractivity contribution in [1.29, 1.82) is 10.5 Å². The normalized spacial score (nSPS) is 15.7. The van der Waals surface area contributed by atoms with Gasteiger partial charge in [-0.3, -0.25) is 9.59 Å². The van der Waals surface area contributed by atoms with E-state index in [1.165, 1.54) is 23.5 Å². The molecule has 300 valence electrons. The number of guanidine groups is 2. The number of benzene rings is 4. The molecule has 0 aliphatic carbocycles.